The molecule has 0 fully saturated rings. The van der Waals surface area contributed by atoms with Gasteiger partial charge in [-0.2, -0.15) is 0 Å². The number of guanidine groups is 1. The summed E-state index contributed by atoms with van der Waals surface area (Å²) in [6, 6.07) is 14.0. The molecular formula is C22H29N3O4. The Labute approximate surface area is 172 Å². The summed E-state index contributed by atoms with van der Waals surface area (Å²) in [5, 5.41) is 6.66. The number of nitrogens with zero attached hydrogens (tertiary/aromatic N) is 1. The topological polar surface area (TPSA) is 73.3 Å². The highest BCUT2D eigenvalue weighted by atomic mass is 16.7. The summed E-state index contributed by atoms with van der Waals surface area (Å²) in [7, 11) is 1.66. The zero-order chi connectivity index (χ0) is 20.3. The Morgan fingerprint density at radius 2 is 1.79 bits per heavy atom. The van der Waals surface area contributed by atoms with Gasteiger partial charge in [0.1, 0.15) is 12.4 Å². The number of aliphatic imine (C=N–C) groups is 1. The molecule has 1 aliphatic rings. The molecule has 0 atom stereocenters. The van der Waals surface area contributed by atoms with Gasteiger partial charge in [-0.1, -0.05) is 18.2 Å². The molecule has 0 bridgehead atoms. The SMILES string of the molecule is CCNC(=NCc1ccc(OCCOC)cc1)NCCc1ccc2c(c1)OCO2. The Morgan fingerprint density at radius 1 is 1.00 bits per heavy atom. The maximum atomic E-state index is 5.59. The molecule has 29 heavy (non-hydrogen) atoms. The third kappa shape index (κ3) is 6.57. The first-order valence-corrected chi connectivity index (χ1v) is 9.90. The Morgan fingerprint density at radius 3 is 2.59 bits per heavy atom. The van der Waals surface area contributed by atoms with E-state index in [4.69, 9.17) is 18.9 Å². The Kier molecular flexibility index (Phi) is 8.01. The third-order valence-electron chi connectivity index (χ3n) is 4.39. The van der Waals surface area contributed by atoms with Gasteiger partial charge >= 0.3 is 0 Å². The molecule has 7 nitrogen and oxygen atoms in total. The minimum Gasteiger partial charge on any atom is -0.491 e. The molecule has 0 saturated carbocycles. The zero-order valence-electron chi connectivity index (χ0n) is 17.1. The lowest BCUT2D eigenvalue weighted by molar-refractivity contribution is 0.146. The third-order valence-corrected chi connectivity index (χ3v) is 4.39. The van der Waals surface area contributed by atoms with E-state index in [0.29, 0.717) is 26.6 Å². The van der Waals surface area contributed by atoms with Crippen molar-refractivity contribution in [2.45, 2.75) is 19.9 Å². The van der Waals surface area contributed by atoms with E-state index in [2.05, 4.69) is 28.6 Å². The van der Waals surface area contributed by atoms with Crippen LogP contribution in [0.15, 0.2) is 47.5 Å². The summed E-state index contributed by atoms with van der Waals surface area (Å²) in [6.45, 7) is 5.66. The average Bonchev–Trinajstić information content (AvgIpc) is 3.21. The van der Waals surface area contributed by atoms with E-state index < -0.39 is 0 Å². The van der Waals surface area contributed by atoms with Crippen LogP contribution < -0.4 is 24.8 Å². The van der Waals surface area contributed by atoms with E-state index in [-0.39, 0.29) is 0 Å². The highest BCUT2D eigenvalue weighted by Gasteiger charge is 2.12. The predicted molar refractivity (Wildman–Crippen MR) is 113 cm³/mol. The summed E-state index contributed by atoms with van der Waals surface area (Å²) < 4.78 is 21.4. The molecule has 0 radical (unpaired) electrons. The van der Waals surface area contributed by atoms with Crippen LogP contribution in [0.25, 0.3) is 0 Å². The van der Waals surface area contributed by atoms with Crippen molar-refractivity contribution in [1.29, 1.82) is 0 Å². The van der Waals surface area contributed by atoms with Crippen LogP contribution >= 0.6 is 0 Å². The smallest absolute Gasteiger partial charge is 0.231 e. The molecule has 156 valence electrons. The molecule has 2 aromatic carbocycles. The number of hydrogen-bond donors (Lipinski definition) is 2. The number of ether oxygens (including phenoxy) is 4. The summed E-state index contributed by atoms with van der Waals surface area (Å²) in [5.41, 5.74) is 2.32. The van der Waals surface area contributed by atoms with Gasteiger partial charge < -0.3 is 29.6 Å². The molecule has 1 aliphatic heterocycles. The summed E-state index contributed by atoms with van der Waals surface area (Å²) in [4.78, 5) is 4.67. The summed E-state index contributed by atoms with van der Waals surface area (Å²) in [5.74, 6) is 3.27. The number of nitrogens with one attached hydrogen (secondary N) is 2. The minimum atomic E-state index is 0.300. The standard InChI is InChI=1S/C22H29N3O4/c1-3-23-22(24-11-10-17-6-9-20-21(14-17)29-16-28-20)25-15-18-4-7-19(8-5-18)27-13-12-26-2/h4-9,14H,3,10-13,15-16H2,1-2H3,(H2,23,24,25). The van der Waals surface area contributed by atoms with Crippen LogP contribution in [0.1, 0.15) is 18.1 Å². The maximum Gasteiger partial charge on any atom is 0.231 e. The lowest BCUT2D eigenvalue weighted by atomic mass is 10.1. The van der Waals surface area contributed by atoms with Gasteiger partial charge in [0.2, 0.25) is 6.79 Å². The first-order valence-electron chi connectivity index (χ1n) is 9.90. The predicted octanol–water partition coefficient (Wildman–Crippen LogP) is 2.74. The molecule has 1 heterocycles. The van der Waals surface area contributed by atoms with Gasteiger partial charge in [-0.05, 0) is 48.7 Å². The normalized spacial score (nSPS) is 12.7. The Balaban J connectivity index is 1.47. The van der Waals surface area contributed by atoms with Crippen LogP contribution in [-0.2, 0) is 17.7 Å². The van der Waals surface area contributed by atoms with Crippen LogP contribution in [0.4, 0.5) is 0 Å². The van der Waals surface area contributed by atoms with Crippen molar-refractivity contribution >= 4 is 5.96 Å². The quantitative estimate of drug-likeness (QED) is 0.364. The second-order valence-corrected chi connectivity index (χ2v) is 6.54. The van der Waals surface area contributed by atoms with Gasteiger partial charge in [-0.25, -0.2) is 4.99 Å². The fourth-order valence-corrected chi connectivity index (χ4v) is 2.87. The lowest BCUT2D eigenvalue weighted by Crippen LogP contribution is -2.38. The van der Waals surface area contributed by atoms with Crippen molar-refractivity contribution in [3.05, 3.63) is 53.6 Å². The van der Waals surface area contributed by atoms with Crippen molar-refractivity contribution in [1.82, 2.24) is 10.6 Å². The molecule has 0 aromatic heterocycles. The van der Waals surface area contributed by atoms with Crippen LogP contribution in [0, 0.1) is 0 Å². The van der Waals surface area contributed by atoms with Crippen LogP contribution in [0.2, 0.25) is 0 Å². The first kappa shape index (κ1) is 20.8. The summed E-state index contributed by atoms with van der Waals surface area (Å²) >= 11 is 0. The fourth-order valence-electron chi connectivity index (χ4n) is 2.87. The fraction of sp³-hybridized carbons (Fsp3) is 0.409. The van der Waals surface area contributed by atoms with Crippen molar-refractivity contribution in [3.63, 3.8) is 0 Å². The molecule has 0 unspecified atom stereocenters. The molecule has 0 amide bonds. The molecule has 3 rings (SSSR count). The van der Waals surface area contributed by atoms with Gasteiger partial charge in [0.15, 0.2) is 17.5 Å². The second-order valence-electron chi connectivity index (χ2n) is 6.54. The van der Waals surface area contributed by atoms with Gasteiger partial charge in [0.25, 0.3) is 0 Å². The Bertz CT molecular complexity index is 793. The zero-order valence-corrected chi connectivity index (χ0v) is 17.1. The molecular weight excluding hydrogens is 370 g/mol. The monoisotopic (exact) mass is 399 g/mol. The van der Waals surface area contributed by atoms with E-state index in [1.165, 1.54) is 5.56 Å². The molecule has 0 aliphatic carbocycles. The summed E-state index contributed by atoms with van der Waals surface area (Å²) in [6.07, 6.45) is 0.870. The van der Waals surface area contributed by atoms with Crippen molar-refractivity contribution in [3.8, 4) is 17.2 Å². The van der Waals surface area contributed by atoms with Crippen LogP contribution in [0.3, 0.4) is 0 Å². The van der Waals surface area contributed by atoms with Crippen LogP contribution in [-0.4, -0.2) is 46.2 Å². The highest BCUT2D eigenvalue weighted by Crippen LogP contribution is 2.32. The molecule has 2 N–H and O–H groups in total. The minimum absolute atomic E-state index is 0.300. The first-order chi connectivity index (χ1) is 14.3. The number of fused-ring (bicyclic) bond motifs is 1. The number of benzene rings is 2. The van der Waals surface area contributed by atoms with Gasteiger partial charge in [0.05, 0.1) is 13.2 Å². The molecule has 2 aromatic rings. The van der Waals surface area contributed by atoms with Crippen molar-refractivity contribution in [2.75, 3.05) is 40.2 Å². The average molecular weight is 399 g/mol. The second kappa shape index (κ2) is 11.2. The van der Waals surface area contributed by atoms with E-state index >= 15 is 0 Å². The number of hydrogen-bond acceptors (Lipinski definition) is 5. The number of methoxy groups -OCH3 is 1. The van der Waals surface area contributed by atoms with Crippen molar-refractivity contribution < 1.29 is 18.9 Å². The van der Waals surface area contributed by atoms with Gasteiger partial charge in [-0.3, -0.25) is 0 Å². The van der Waals surface area contributed by atoms with Crippen LogP contribution in [0.5, 0.6) is 17.2 Å². The molecule has 7 heteroatoms. The largest absolute Gasteiger partial charge is 0.491 e. The highest BCUT2D eigenvalue weighted by molar-refractivity contribution is 5.79. The molecule has 0 spiro atoms. The lowest BCUT2D eigenvalue weighted by Gasteiger charge is -2.12. The number of rotatable bonds is 10. The van der Waals surface area contributed by atoms with E-state index in [0.717, 1.165) is 48.3 Å². The van der Waals surface area contributed by atoms with Crippen molar-refractivity contribution in [2.24, 2.45) is 4.99 Å². The van der Waals surface area contributed by atoms with E-state index in [1.54, 1.807) is 7.11 Å². The maximum absolute atomic E-state index is 5.59. The van der Waals surface area contributed by atoms with E-state index in [1.807, 2.05) is 36.4 Å². The molecule has 0 saturated heterocycles. The van der Waals surface area contributed by atoms with E-state index in [9.17, 15) is 0 Å². The van der Waals surface area contributed by atoms with Gasteiger partial charge in [0, 0.05) is 20.2 Å². The Hall–Kier alpha value is -2.93. The van der Waals surface area contributed by atoms with Gasteiger partial charge in [-0.15, -0.1) is 0 Å².